The van der Waals surface area contributed by atoms with Crippen LogP contribution in [0.2, 0.25) is 0 Å². The predicted molar refractivity (Wildman–Crippen MR) is 125 cm³/mol. The summed E-state index contributed by atoms with van der Waals surface area (Å²) in [4.78, 5) is 24.2. The second kappa shape index (κ2) is 8.79. The first kappa shape index (κ1) is 23.0. The van der Waals surface area contributed by atoms with Gasteiger partial charge in [-0.15, -0.1) is 0 Å². The Bertz CT molecular complexity index is 1430. The number of carbonyl (C=O) groups is 1. The van der Waals surface area contributed by atoms with Crippen molar-refractivity contribution in [3.63, 3.8) is 0 Å². The number of rotatable bonds is 4. The van der Waals surface area contributed by atoms with Crippen molar-refractivity contribution in [3.8, 4) is 11.3 Å². The Kier molecular flexibility index (Phi) is 5.78. The molecule has 2 aromatic carbocycles. The van der Waals surface area contributed by atoms with Crippen LogP contribution in [0.4, 0.5) is 13.2 Å². The van der Waals surface area contributed by atoms with Gasteiger partial charge in [0.1, 0.15) is 0 Å². The van der Waals surface area contributed by atoms with E-state index in [-0.39, 0.29) is 23.6 Å². The van der Waals surface area contributed by atoms with Gasteiger partial charge < -0.3 is 4.90 Å². The molecule has 9 heteroatoms. The van der Waals surface area contributed by atoms with Gasteiger partial charge in [0.15, 0.2) is 17.5 Å². The summed E-state index contributed by atoms with van der Waals surface area (Å²) in [5.41, 5.74) is 4.11. The summed E-state index contributed by atoms with van der Waals surface area (Å²) in [5.74, 6) is -4.13. The van der Waals surface area contributed by atoms with Crippen molar-refractivity contribution in [2.45, 2.75) is 45.2 Å². The maximum atomic E-state index is 14.0. The third-order valence-electron chi connectivity index (χ3n) is 6.73. The minimum absolute atomic E-state index is 0.132. The lowest BCUT2D eigenvalue weighted by Gasteiger charge is -2.41. The topological polar surface area (TPSA) is 63.9 Å². The first-order valence-electron chi connectivity index (χ1n) is 11.6. The molecular weight excluding hydrogens is 455 g/mol. The lowest BCUT2D eigenvalue weighted by molar-refractivity contribution is 0.0513. The van der Waals surface area contributed by atoms with Crippen LogP contribution in [0.5, 0.6) is 0 Å². The van der Waals surface area contributed by atoms with Crippen LogP contribution >= 0.6 is 0 Å². The number of hydrogen-bond acceptors (Lipinski definition) is 4. The Hall–Kier alpha value is -3.75. The molecule has 35 heavy (non-hydrogen) atoms. The average Bonchev–Trinajstić information content (AvgIpc) is 3.20. The van der Waals surface area contributed by atoms with E-state index in [1.807, 2.05) is 18.7 Å². The van der Waals surface area contributed by atoms with Crippen LogP contribution in [0, 0.1) is 17.5 Å². The molecule has 1 amide bonds. The molecule has 3 heterocycles. The summed E-state index contributed by atoms with van der Waals surface area (Å²) in [6, 6.07) is 6.77. The fraction of sp³-hybridized carbons (Fsp3) is 0.308. The van der Waals surface area contributed by atoms with Gasteiger partial charge >= 0.3 is 0 Å². The molecule has 2 aromatic heterocycles. The van der Waals surface area contributed by atoms with Crippen molar-refractivity contribution in [3.05, 3.63) is 77.0 Å². The molecule has 6 nitrogen and oxygen atoms in total. The molecule has 0 saturated heterocycles. The van der Waals surface area contributed by atoms with E-state index in [9.17, 15) is 18.0 Å². The van der Waals surface area contributed by atoms with E-state index >= 15 is 0 Å². The molecule has 0 saturated carbocycles. The van der Waals surface area contributed by atoms with E-state index in [0.717, 1.165) is 17.7 Å². The van der Waals surface area contributed by atoms with Gasteiger partial charge in [0.05, 0.1) is 28.5 Å². The van der Waals surface area contributed by atoms with Gasteiger partial charge in [0.2, 0.25) is 0 Å². The van der Waals surface area contributed by atoms with Gasteiger partial charge in [-0.05, 0) is 49.6 Å². The number of aryl methyl sites for hydroxylation is 1. The van der Waals surface area contributed by atoms with Gasteiger partial charge in [0, 0.05) is 42.2 Å². The van der Waals surface area contributed by atoms with Gasteiger partial charge in [-0.25, -0.2) is 13.2 Å². The van der Waals surface area contributed by atoms with Gasteiger partial charge in [0.25, 0.3) is 5.91 Å². The maximum Gasteiger partial charge on any atom is 0.254 e. The van der Waals surface area contributed by atoms with Crippen LogP contribution in [-0.2, 0) is 13.5 Å². The van der Waals surface area contributed by atoms with Gasteiger partial charge in [-0.3, -0.25) is 19.4 Å². The Morgan fingerprint density at radius 1 is 1.00 bits per heavy atom. The van der Waals surface area contributed by atoms with Gasteiger partial charge in [-0.2, -0.15) is 5.10 Å². The Morgan fingerprint density at radius 2 is 1.69 bits per heavy atom. The smallest absolute Gasteiger partial charge is 0.254 e. The number of hydrogen-bond donors (Lipinski definition) is 0. The third-order valence-corrected chi connectivity index (χ3v) is 6.73. The highest BCUT2D eigenvalue weighted by molar-refractivity contribution is 5.98. The number of aromatic nitrogens is 4. The van der Waals surface area contributed by atoms with Crippen LogP contribution in [0.15, 0.2) is 42.7 Å². The van der Waals surface area contributed by atoms with Crippen molar-refractivity contribution in [2.75, 3.05) is 0 Å². The molecule has 1 aliphatic heterocycles. The molecule has 0 radical (unpaired) electrons. The van der Waals surface area contributed by atoms with Crippen molar-refractivity contribution in [1.29, 1.82) is 0 Å². The van der Waals surface area contributed by atoms with Crippen molar-refractivity contribution >= 4 is 16.9 Å². The zero-order chi connectivity index (χ0) is 24.9. The SMILES string of the molecule is CCC1Cc2c(nn(C)c2-c2cc(F)c(F)c(F)c2)C(CC)N1C(=O)c1ccc2nccnc2c1. The zero-order valence-electron chi connectivity index (χ0n) is 19.6. The Morgan fingerprint density at radius 3 is 2.34 bits per heavy atom. The molecule has 0 fully saturated rings. The largest absolute Gasteiger partial charge is 0.327 e. The predicted octanol–water partition coefficient (Wildman–Crippen LogP) is 5.38. The molecule has 180 valence electrons. The summed E-state index contributed by atoms with van der Waals surface area (Å²) in [5, 5.41) is 4.67. The fourth-order valence-corrected chi connectivity index (χ4v) is 5.11. The van der Waals surface area contributed by atoms with Crippen LogP contribution in [0.1, 0.15) is 54.3 Å². The molecule has 0 aliphatic carbocycles. The molecule has 0 bridgehead atoms. The molecule has 2 unspecified atom stereocenters. The lowest BCUT2D eigenvalue weighted by atomic mass is 9.87. The van der Waals surface area contributed by atoms with E-state index in [4.69, 9.17) is 0 Å². The van der Waals surface area contributed by atoms with Crippen molar-refractivity contribution < 1.29 is 18.0 Å². The number of halogens is 3. The van der Waals surface area contributed by atoms with E-state index in [1.165, 1.54) is 0 Å². The van der Waals surface area contributed by atoms with E-state index < -0.39 is 17.5 Å². The number of amides is 1. The zero-order valence-corrected chi connectivity index (χ0v) is 19.6. The highest BCUT2D eigenvalue weighted by Crippen LogP contribution is 2.41. The van der Waals surface area contributed by atoms with E-state index in [2.05, 4.69) is 15.1 Å². The van der Waals surface area contributed by atoms with E-state index in [0.29, 0.717) is 47.2 Å². The average molecular weight is 480 g/mol. The molecule has 4 aromatic rings. The molecule has 5 rings (SSSR count). The maximum absolute atomic E-state index is 14.0. The summed E-state index contributed by atoms with van der Waals surface area (Å²) in [6.07, 6.45) is 4.93. The highest BCUT2D eigenvalue weighted by Gasteiger charge is 2.40. The second-order valence-corrected chi connectivity index (χ2v) is 8.75. The van der Waals surface area contributed by atoms with Crippen LogP contribution in [0.3, 0.4) is 0 Å². The molecule has 2 atom stereocenters. The van der Waals surface area contributed by atoms with Crippen molar-refractivity contribution in [1.82, 2.24) is 24.6 Å². The minimum atomic E-state index is -1.50. The first-order valence-corrected chi connectivity index (χ1v) is 11.6. The Balaban J connectivity index is 1.60. The van der Waals surface area contributed by atoms with Gasteiger partial charge in [-0.1, -0.05) is 13.8 Å². The number of carbonyl (C=O) groups excluding carboxylic acids is 1. The summed E-state index contributed by atoms with van der Waals surface area (Å²) in [7, 11) is 1.69. The standard InChI is InChI=1S/C26H24F3N5O/c1-4-16-13-17-24(32-33(3)25(17)15-10-18(27)23(29)19(28)11-15)22(5-2)34(16)26(35)14-6-7-20-21(12-14)31-9-8-30-20/h6-12,16,22H,4-5,13H2,1-3H3. The number of fused-ring (bicyclic) bond motifs is 2. The van der Waals surface area contributed by atoms with Crippen LogP contribution < -0.4 is 0 Å². The van der Waals surface area contributed by atoms with Crippen LogP contribution in [-0.4, -0.2) is 36.6 Å². The minimum Gasteiger partial charge on any atom is -0.327 e. The Labute approximate surface area is 200 Å². The third kappa shape index (κ3) is 3.75. The molecule has 0 N–H and O–H groups in total. The first-order chi connectivity index (χ1) is 16.8. The monoisotopic (exact) mass is 479 g/mol. The summed E-state index contributed by atoms with van der Waals surface area (Å²) >= 11 is 0. The fourth-order valence-electron chi connectivity index (χ4n) is 5.11. The van der Waals surface area contributed by atoms with Crippen LogP contribution in [0.25, 0.3) is 22.3 Å². The molecule has 1 aliphatic rings. The van der Waals surface area contributed by atoms with Crippen molar-refractivity contribution in [2.24, 2.45) is 7.05 Å². The lowest BCUT2D eigenvalue weighted by Crippen LogP contribution is -2.47. The second-order valence-electron chi connectivity index (χ2n) is 8.75. The number of benzene rings is 2. The summed E-state index contributed by atoms with van der Waals surface area (Å²) in [6.45, 7) is 3.98. The summed E-state index contributed by atoms with van der Waals surface area (Å²) < 4.78 is 43.2. The number of nitrogens with zero attached hydrogens (tertiary/aromatic N) is 5. The quantitative estimate of drug-likeness (QED) is 0.369. The molecule has 0 spiro atoms. The molecular formula is C26H24F3N5O. The normalized spacial score (nSPS) is 17.6. The highest BCUT2D eigenvalue weighted by atomic mass is 19.2. The van der Waals surface area contributed by atoms with E-state index in [1.54, 1.807) is 42.3 Å².